The largest absolute Gasteiger partial charge is 0.480 e. The van der Waals surface area contributed by atoms with E-state index in [0.29, 0.717) is 25.0 Å². The van der Waals surface area contributed by atoms with E-state index in [-0.39, 0.29) is 23.5 Å². The van der Waals surface area contributed by atoms with Gasteiger partial charge in [-0.15, -0.1) is 0 Å². The Morgan fingerprint density at radius 1 is 0.933 bits per heavy atom. The number of hydrogen-bond donors (Lipinski definition) is 2. The van der Waals surface area contributed by atoms with Crippen molar-refractivity contribution in [1.29, 1.82) is 0 Å². The van der Waals surface area contributed by atoms with Crippen LogP contribution in [-0.2, 0) is 24.2 Å². The number of hydrogen-bond acceptors (Lipinski definition) is 4. The molecule has 0 aliphatic carbocycles. The van der Waals surface area contributed by atoms with Gasteiger partial charge in [0.15, 0.2) is 5.78 Å². The van der Waals surface area contributed by atoms with Gasteiger partial charge in [0.1, 0.15) is 12.1 Å². The molecule has 3 rings (SSSR count). The second-order valence-corrected chi connectivity index (χ2v) is 7.18. The third kappa shape index (κ3) is 5.23. The Kier molecular flexibility index (Phi) is 6.80. The van der Waals surface area contributed by atoms with Crippen molar-refractivity contribution in [3.63, 3.8) is 0 Å². The molecule has 2 aromatic carbocycles. The molecule has 0 fully saturated rings. The summed E-state index contributed by atoms with van der Waals surface area (Å²) in [5, 5.41) is 9.27. The average Bonchev–Trinajstić information content (AvgIpc) is 2.72. The fourth-order valence-corrected chi connectivity index (χ4v) is 3.48. The Morgan fingerprint density at radius 3 is 2.13 bits per heavy atom. The summed E-state index contributed by atoms with van der Waals surface area (Å²) in [5.74, 6) is -1.52. The summed E-state index contributed by atoms with van der Waals surface area (Å²) < 4.78 is 1.14. The Labute approximate surface area is 174 Å². The number of ketones is 1. The van der Waals surface area contributed by atoms with E-state index in [1.165, 1.54) is 0 Å². The number of carboxylic acid groups (broad SMARTS) is 1. The van der Waals surface area contributed by atoms with Crippen LogP contribution >= 0.6 is 0 Å². The van der Waals surface area contributed by atoms with E-state index in [4.69, 9.17) is 5.73 Å². The lowest BCUT2D eigenvalue weighted by molar-refractivity contribution is -0.137. The zero-order chi connectivity index (χ0) is 21.5. The minimum Gasteiger partial charge on any atom is -0.480 e. The molecule has 0 atom stereocenters. The molecule has 0 amide bonds. The monoisotopic (exact) mass is 404 g/mol. The van der Waals surface area contributed by atoms with Crippen molar-refractivity contribution in [2.75, 3.05) is 5.73 Å². The highest BCUT2D eigenvalue weighted by Gasteiger charge is 2.20. The van der Waals surface area contributed by atoms with Crippen LogP contribution < -0.4 is 11.3 Å². The summed E-state index contributed by atoms with van der Waals surface area (Å²) in [6.45, 7) is -0.522. The molecule has 0 radical (unpaired) electrons. The summed E-state index contributed by atoms with van der Waals surface area (Å²) in [5.41, 5.74) is 7.89. The zero-order valence-electron chi connectivity index (χ0n) is 16.6. The second-order valence-electron chi connectivity index (χ2n) is 7.18. The standard InChI is InChI=1S/C24H24N2O4/c25-20-15-19(14-18-10-5-2-6-11-18)26(16-22(28)29)24(30)23(20)21(27)13-7-12-17-8-3-1-4-9-17/h1-6,8-11,15H,7,12-14,16,25H2,(H,28,29). The highest BCUT2D eigenvalue weighted by molar-refractivity contribution is 6.00. The zero-order valence-corrected chi connectivity index (χ0v) is 16.6. The molecular weight excluding hydrogens is 380 g/mol. The molecule has 0 saturated carbocycles. The van der Waals surface area contributed by atoms with Crippen LogP contribution in [0.3, 0.4) is 0 Å². The van der Waals surface area contributed by atoms with Gasteiger partial charge in [-0.2, -0.15) is 0 Å². The van der Waals surface area contributed by atoms with Crippen molar-refractivity contribution in [3.05, 3.63) is 99.5 Å². The average molecular weight is 404 g/mol. The van der Waals surface area contributed by atoms with Crippen LogP contribution in [0.25, 0.3) is 0 Å². The van der Waals surface area contributed by atoms with Crippen molar-refractivity contribution in [2.24, 2.45) is 0 Å². The highest BCUT2D eigenvalue weighted by Crippen LogP contribution is 2.17. The lowest BCUT2D eigenvalue weighted by Crippen LogP contribution is -2.32. The summed E-state index contributed by atoms with van der Waals surface area (Å²) >= 11 is 0. The van der Waals surface area contributed by atoms with Gasteiger partial charge in [0.05, 0.1) is 0 Å². The quantitative estimate of drug-likeness (QED) is 0.533. The van der Waals surface area contributed by atoms with Crippen LogP contribution in [0.5, 0.6) is 0 Å². The first kappa shape index (κ1) is 21.0. The number of anilines is 1. The lowest BCUT2D eigenvalue weighted by Gasteiger charge is -2.15. The maximum Gasteiger partial charge on any atom is 0.323 e. The molecule has 0 aliphatic heterocycles. The molecule has 1 aromatic heterocycles. The number of nitrogen functional groups attached to an aromatic ring is 1. The van der Waals surface area contributed by atoms with Gasteiger partial charge in [-0.25, -0.2) is 0 Å². The fourth-order valence-electron chi connectivity index (χ4n) is 3.48. The van der Waals surface area contributed by atoms with Gasteiger partial charge >= 0.3 is 5.97 Å². The van der Waals surface area contributed by atoms with E-state index >= 15 is 0 Å². The predicted molar refractivity (Wildman–Crippen MR) is 116 cm³/mol. The number of carbonyl (C=O) groups is 2. The van der Waals surface area contributed by atoms with Crippen molar-refractivity contribution < 1.29 is 14.7 Å². The number of aromatic nitrogens is 1. The first-order valence-electron chi connectivity index (χ1n) is 9.80. The van der Waals surface area contributed by atoms with Gasteiger partial charge in [-0.05, 0) is 30.0 Å². The first-order valence-corrected chi connectivity index (χ1v) is 9.80. The molecule has 6 heteroatoms. The number of pyridine rings is 1. The number of nitrogens with two attached hydrogens (primary N) is 1. The van der Waals surface area contributed by atoms with E-state index in [9.17, 15) is 19.5 Å². The molecule has 30 heavy (non-hydrogen) atoms. The predicted octanol–water partition coefficient (Wildman–Crippen LogP) is 3.31. The van der Waals surface area contributed by atoms with Gasteiger partial charge in [0.2, 0.25) is 0 Å². The third-order valence-corrected chi connectivity index (χ3v) is 4.93. The molecule has 6 nitrogen and oxygen atoms in total. The van der Waals surface area contributed by atoms with E-state index < -0.39 is 18.1 Å². The number of Topliss-reactive ketones (excluding diaryl/α,β-unsaturated/α-hetero) is 1. The van der Waals surface area contributed by atoms with Crippen LogP contribution in [0, 0.1) is 0 Å². The maximum absolute atomic E-state index is 13.0. The molecule has 1 heterocycles. The normalized spacial score (nSPS) is 10.7. The lowest BCUT2D eigenvalue weighted by atomic mass is 10.0. The molecule has 0 saturated heterocycles. The minimum absolute atomic E-state index is 0.0947. The van der Waals surface area contributed by atoms with Crippen LogP contribution in [-0.4, -0.2) is 21.4 Å². The van der Waals surface area contributed by atoms with Gasteiger partial charge in [0, 0.05) is 24.2 Å². The van der Waals surface area contributed by atoms with Gasteiger partial charge in [-0.3, -0.25) is 14.4 Å². The molecule has 3 aromatic rings. The Balaban J connectivity index is 1.86. The van der Waals surface area contributed by atoms with E-state index in [2.05, 4.69) is 0 Å². The van der Waals surface area contributed by atoms with Gasteiger partial charge in [-0.1, -0.05) is 60.7 Å². The van der Waals surface area contributed by atoms with Crippen LogP contribution in [0.1, 0.15) is 40.0 Å². The SMILES string of the molecule is Nc1cc(Cc2ccccc2)n(CC(=O)O)c(=O)c1C(=O)CCCc1ccccc1. The van der Waals surface area contributed by atoms with E-state index in [1.807, 2.05) is 60.7 Å². The number of rotatable bonds is 9. The number of benzene rings is 2. The van der Waals surface area contributed by atoms with Crippen molar-refractivity contribution in [3.8, 4) is 0 Å². The third-order valence-electron chi connectivity index (χ3n) is 4.93. The topological polar surface area (TPSA) is 102 Å². The summed E-state index contributed by atoms with van der Waals surface area (Å²) in [7, 11) is 0. The molecule has 0 unspecified atom stereocenters. The summed E-state index contributed by atoms with van der Waals surface area (Å²) in [4.78, 5) is 37.1. The fraction of sp³-hybridized carbons (Fsp3) is 0.208. The van der Waals surface area contributed by atoms with E-state index in [1.54, 1.807) is 6.07 Å². The number of carboxylic acids is 1. The molecule has 0 aliphatic rings. The molecule has 154 valence electrons. The van der Waals surface area contributed by atoms with E-state index in [0.717, 1.165) is 15.7 Å². The first-order chi connectivity index (χ1) is 14.5. The Morgan fingerprint density at radius 2 is 1.53 bits per heavy atom. The van der Waals surface area contributed by atoms with Crippen molar-refractivity contribution >= 4 is 17.4 Å². The van der Waals surface area contributed by atoms with Crippen molar-refractivity contribution in [2.45, 2.75) is 32.2 Å². The van der Waals surface area contributed by atoms with Crippen LogP contribution in [0.2, 0.25) is 0 Å². The second kappa shape index (κ2) is 9.69. The highest BCUT2D eigenvalue weighted by atomic mass is 16.4. The van der Waals surface area contributed by atoms with Crippen LogP contribution in [0.15, 0.2) is 71.5 Å². The molecule has 0 spiro atoms. The van der Waals surface area contributed by atoms with Gasteiger partial charge < -0.3 is 15.4 Å². The summed E-state index contributed by atoms with van der Waals surface area (Å²) in [6, 6.07) is 20.7. The Bertz CT molecular complexity index is 1090. The number of aryl methyl sites for hydroxylation is 1. The molecule has 0 bridgehead atoms. The Hall–Kier alpha value is -3.67. The molecular formula is C24H24N2O4. The number of nitrogens with zero attached hydrogens (tertiary/aromatic N) is 1. The summed E-state index contributed by atoms with van der Waals surface area (Å²) in [6.07, 6.45) is 1.80. The van der Waals surface area contributed by atoms with Gasteiger partial charge in [0.25, 0.3) is 5.56 Å². The van der Waals surface area contributed by atoms with Crippen LogP contribution in [0.4, 0.5) is 5.69 Å². The van der Waals surface area contributed by atoms with Crippen molar-refractivity contribution in [1.82, 2.24) is 4.57 Å². The smallest absolute Gasteiger partial charge is 0.323 e. The number of aliphatic carboxylic acids is 1. The molecule has 3 N–H and O–H groups in total. The maximum atomic E-state index is 13.0. The number of carbonyl (C=O) groups excluding carboxylic acids is 1. The minimum atomic E-state index is -1.15.